The first-order valence-electron chi connectivity index (χ1n) is 9.42. The Morgan fingerprint density at radius 2 is 2.00 bits per heavy atom. The van der Waals surface area contributed by atoms with Gasteiger partial charge in [0.1, 0.15) is 5.75 Å². The Kier molecular flexibility index (Phi) is 6.33. The van der Waals surface area contributed by atoms with Gasteiger partial charge in [0.15, 0.2) is 0 Å². The van der Waals surface area contributed by atoms with Gasteiger partial charge in [-0.3, -0.25) is 14.5 Å². The van der Waals surface area contributed by atoms with Crippen LogP contribution in [0.4, 0.5) is 13.2 Å². The van der Waals surface area contributed by atoms with E-state index in [9.17, 15) is 22.8 Å². The summed E-state index contributed by atoms with van der Waals surface area (Å²) in [6, 6.07) is 5.94. The van der Waals surface area contributed by atoms with E-state index in [1.54, 1.807) is 13.1 Å². The van der Waals surface area contributed by atoms with E-state index in [0.717, 1.165) is 25.2 Å². The lowest BCUT2D eigenvalue weighted by molar-refractivity contribution is -0.274. The molecule has 0 bridgehead atoms. The highest BCUT2D eigenvalue weighted by atomic mass is 19.4. The summed E-state index contributed by atoms with van der Waals surface area (Å²) in [5.41, 5.74) is 5.82. The summed E-state index contributed by atoms with van der Waals surface area (Å²) in [5.74, 6) is 0.682. The first kappa shape index (κ1) is 21.4. The average Bonchev–Trinajstić information content (AvgIpc) is 3.05. The third-order valence-corrected chi connectivity index (χ3v) is 5.47. The van der Waals surface area contributed by atoms with Crippen LogP contribution in [-0.2, 0) is 16.1 Å². The van der Waals surface area contributed by atoms with Crippen LogP contribution in [0.25, 0.3) is 0 Å². The van der Waals surface area contributed by atoms with Gasteiger partial charge in [-0.25, -0.2) is 0 Å². The van der Waals surface area contributed by atoms with E-state index in [0.29, 0.717) is 24.3 Å². The number of likely N-dealkylation sites (N-methyl/N-ethyl adjacent to an activating group) is 1. The second-order valence-electron chi connectivity index (χ2n) is 7.73. The maximum Gasteiger partial charge on any atom is 0.573 e. The van der Waals surface area contributed by atoms with Gasteiger partial charge in [-0.15, -0.1) is 13.2 Å². The second kappa shape index (κ2) is 8.58. The molecule has 1 aromatic rings. The van der Waals surface area contributed by atoms with Crippen LogP contribution in [0.1, 0.15) is 5.56 Å². The highest BCUT2D eigenvalue weighted by molar-refractivity contribution is 5.84. The number of piperidine rings is 1. The normalized spacial score (nSPS) is 23.5. The summed E-state index contributed by atoms with van der Waals surface area (Å²) >= 11 is 0. The molecule has 1 heterocycles. The van der Waals surface area contributed by atoms with Crippen molar-refractivity contribution in [1.29, 1.82) is 0 Å². The lowest BCUT2D eigenvalue weighted by Gasteiger charge is -2.22. The van der Waals surface area contributed by atoms with Gasteiger partial charge in [0, 0.05) is 26.7 Å². The molecular weight excluding hydrogens is 389 g/mol. The van der Waals surface area contributed by atoms with E-state index in [2.05, 4.69) is 15.0 Å². The van der Waals surface area contributed by atoms with Crippen molar-refractivity contribution in [2.24, 2.45) is 23.5 Å². The summed E-state index contributed by atoms with van der Waals surface area (Å²) in [7, 11) is 1.56. The van der Waals surface area contributed by atoms with E-state index < -0.39 is 12.3 Å². The minimum Gasteiger partial charge on any atom is -0.406 e. The van der Waals surface area contributed by atoms with E-state index in [-0.39, 0.29) is 24.7 Å². The molecule has 0 radical (unpaired) electrons. The third-order valence-electron chi connectivity index (χ3n) is 5.47. The SMILES string of the molecule is CN(CC(N)=O)C(=O)CN1CC2C(CNCc3cccc(OC(F)(F)F)c3)C2C1. The minimum absolute atomic E-state index is 0.0821. The number of nitrogens with one attached hydrogen (secondary N) is 1. The van der Waals surface area contributed by atoms with Gasteiger partial charge in [0.05, 0.1) is 13.1 Å². The quantitative estimate of drug-likeness (QED) is 0.624. The van der Waals surface area contributed by atoms with E-state index in [4.69, 9.17) is 5.73 Å². The molecule has 1 aliphatic carbocycles. The van der Waals surface area contributed by atoms with E-state index >= 15 is 0 Å². The molecule has 2 fully saturated rings. The molecule has 2 aliphatic rings. The van der Waals surface area contributed by atoms with Crippen molar-refractivity contribution in [1.82, 2.24) is 15.1 Å². The zero-order valence-corrected chi connectivity index (χ0v) is 16.1. The maximum atomic E-state index is 12.3. The summed E-state index contributed by atoms with van der Waals surface area (Å²) < 4.78 is 40.8. The largest absolute Gasteiger partial charge is 0.573 e. The lowest BCUT2D eigenvalue weighted by atomic mass is 10.2. The maximum absolute atomic E-state index is 12.3. The Morgan fingerprint density at radius 1 is 1.31 bits per heavy atom. The number of benzene rings is 1. The van der Waals surface area contributed by atoms with E-state index in [1.165, 1.54) is 23.1 Å². The minimum atomic E-state index is -4.70. The van der Waals surface area contributed by atoms with Crippen LogP contribution in [-0.4, -0.2) is 67.7 Å². The van der Waals surface area contributed by atoms with Crippen molar-refractivity contribution in [3.63, 3.8) is 0 Å². The number of hydrogen-bond donors (Lipinski definition) is 2. The molecule has 0 aromatic heterocycles. The first-order chi connectivity index (χ1) is 13.6. The van der Waals surface area contributed by atoms with Gasteiger partial charge in [-0.05, 0) is 42.0 Å². The van der Waals surface area contributed by atoms with Crippen LogP contribution in [0.3, 0.4) is 0 Å². The molecule has 0 spiro atoms. The van der Waals surface area contributed by atoms with Crippen molar-refractivity contribution in [2.75, 3.05) is 39.8 Å². The molecule has 1 aromatic carbocycles. The Morgan fingerprint density at radius 3 is 2.62 bits per heavy atom. The second-order valence-corrected chi connectivity index (χ2v) is 7.73. The smallest absolute Gasteiger partial charge is 0.406 e. The Bertz CT molecular complexity index is 746. The summed E-state index contributed by atoms with van der Waals surface area (Å²) in [4.78, 5) is 26.4. The highest BCUT2D eigenvalue weighted by Gasteiger charge is 2.55. The standard InChI is InChI=1S/C19H25F3N4O3/c1-25(10-17(23)27)18(28)11-26-8-15-14(16(15)9-26)7-24-6-12-3-2-4-13(5-12)29-19(20,21)22/h2-5,14-16,24H,6-11H2,1H3,(H2,23,27). The number of nitrogens with zero attached hydrogens (tertiary/aromatic N) is 2. The summed E-state index contributed by atoms with van der Waals surface area (Å²) in [6.07, 6.45) is -4.70. The Labute approximate surface area is 167 Å². The third kappa shape index (κ3) is 6.07. The monoisotopic (exact) mass is 414 g/mol. The molecule has 160 valence electrons. The van der Waals surface area contributed by atoms with Gasteiger partial charge < -0.3 is 20.7 Å². The van der Waals surface area contributed by atoms with Crippen LogP contribution in [0.15, 0.2) is 24.3 Å². The molecule has 29 heavy (non-hydrogen) atoms. The Balaban J connectivity index is 1.36. The van der Waals surface area contributed by atoms with Crippen LogP contribution in [0, 0.1) is 17.8 Å². The van der Waals surface area contributed by atoms with Crippen molar-refractivity contribution < 1.29 is 27.5 Å². The zero-order valence-electron chi connectivity index (χ0n) is 16.1. The fraction of sp³-hybridized carbons (Fsp3) is 0.579. The molecule has 1 aliphatic heterocycles. The zero-order chi connectivity index (χ0) is 21.2. The van der Waals surface area contributed by atoms with Crippen molar-refractivity contribution in [2.45, 2.75) is 12.9 Å². The van der Waals surface area contributed by atoms with Gasteiger partial charge in [-0.1, -0.05) is 12.1 Å². The number of fused-ring (bicyclic) bond motifs is 1. The average molecular weight is 414 g/mol. The number of hydrogen-bond acceptors (Lipinski definition) is 5. The molecule has 10 heteroatoms. The van der Waals surface area contributed by atoms with Gasteiger partial charge in [0.25, 0.3) is 0 Å². The number of rotatable bonds is 9. The molecule has 7 nitrogen and oxygen atoms in total. The van der Waals surface area contributed by atoms with Crippen LogP contribution in [0.2, 0.25) is 0 Å². The number of nitrogens with two attached hydrogens (primary N) is 1. The summed E-state index contributed by atoms with van der Waals surface area (Å²) in [5, 5.41) is 3.30. The molecule has 1 saturated carbocycles. The first-order valence-corrected chi connectivity index (χ1v) is 9.42. The molecule has 3 N–H and O–H groups in total. The highest BCUT2D eigenvalue weighted by Crippen LogP contribution is 2.51. The lowest BCUT2D eigenvalue weighted by Crippen LogP contribution is -2.42. The van der Waals surface area contributed by atoms with Crippen molar-refractivity contribution in [3.8, 4) is 5.75 Å². The topological polar surface area (TPSA) is 87.9 Å². The number of carbonyl (C=O) groups is 2. The molecular formula is C19H25F3N4O3. The predicted molar refractivity (Wildman–Crippen MR) is 98.6 cm³/mol. The number of halogens is 3. The fourth-order valence-corrected chi connectivity index (χ4v) is 4.04. The van der Waals surface area contributed by atoms with Gasteiger partial charge in [-0.2, -0.15) is 0 Å². The molecule has 2 amide bonds. The molecule has 3 rings (SSSR count). The molecule has 2 unspecified atom stereocenters. The van der Waals surface area contributed by atoms with Gasteiger partial charge in [0.2, 0.25) is 11.8 Å². The number of amides is 2. The summed E-state index contributed by atoms with van der Waals surface area (Å²) in [6.45, 7) is 3.11. The fourth-order valence-electron chi connectivity index (χ4n) is 4.04. The van der Waals surface area contributed by atoms with Gasteiger partial charge >= 0.3 is 6.36 Å². The number of carbonyl (C=O) groups excluding carboxylic acids is 2. The predicted octanol–water partition coefficient (Wildman–Crippen LogP) is 0.796. The van der Waals surface area contributed by atoms with Crippen molar-refractivity contribution in [3.05, 3.63) is 29.8 Å². The van der Waals surface area contributed by atoms with Crippen LogP contribution >= 0.6 is 0 Å². The number of ether oxygens (including phenoxy) is 1. The van der Waals surface area contributed by atoms with E-state index in [1.807, 2.05) is 0 Å². The molecule has 2 atom stereocenters. The Hall–Kier alpha value is -2.33. The number of likely N-dealkylation sites (tertiary alicyclic amines) is 1. The molecule has 1 saturated heterocycles. The van der Waals surface area contributed by atoms with Crippen LogP contribution < -0.4 is 15.8 Å². The number of alkyl halides is 3. The number of primary amides is 1. The van der Waals surface area contributed by atoms with Crippen molar-refractivity contribution >= 4 is 11.8 Å². The van der Waals surface area contributed by atoms with Crippen LogP contribution in [0.5, 0.6) is 5.75 Å².